The molecule has 12 nitrogen and oxygen atoms in total. The number of fused-ring (bicyclic) bond motifs is 2. The van der Waals surface area contributed by atoms with Gasteiger partial charge in [0.15, 0.2) is 5.13 Å². The van der Waals surface area contributed by atoms with Gasteiger partial charge in [-0.15, -0.1) is 23.1 Å². The molecule has 0 aromatic carbocycles. The topological polar surface area (TPSA) is 160 Å². The van der Waals surface area contributed by atoms with Crippen molar-refractivity contribution in [2.24, 2.45) is 5.16 Å². The molecule has 3 atom stereocenters. The van der Waals surface area contributed by atoms with Crippen LogP contribution in [0.1, 0.15) is 16.3 Å². The lowest BCUT2D eigenvalue weighted by molar-refractivity contribution is -0.924. The first-order valence-electron chi connectivity index (χ1n) is 10.5. The number of β-lactam (4-membered cyclic amide) rings is 1. The Morgan fingerprint density at radius 1 is 1.43 bits per heavy atom. The minimum atomic E-state index is -1.15. The minimum Gasteiger partial charge on any atom is -0.477 e. The van der Waals surface area contributed by atoms with Crippen LogP contribution in [0, 0.1) is 0 Å². The SMILES string of the molecule is CO/N=C(\C(=O)N[C@@H]1C(=O)N2C(C(=O)O)=C(C[N+]3(C)Cc4ccsc4C3)CS[C@@H]12)c1nsc(N)n1. The molecule has 1 saturated heterocycles. The van der Waals surface area contributed by atoms with E-state index in [-0.39, 0.29) is 22.4 Å². The second-order valence-corrected chi connectivity index (χ2v) is 11.5. The molecule has 4 N–H and O–H groups in total. The van der Waals surface area contributed by atoms with E-state index in [9.17, 15) is 19.5 Å². The summed E-state index contributed by atoms with van der Waals surface area (Å²) in [6.45, 7) is 2.19. The van der Waals surface area contributed by atoms with E-state index in [0.29, 0.717) is 16.8 Å². The Morgan fingerprint density at radius 3 is 2.89 bits per heavy atom. The van der Waals surface area contributed by atoms with Crippen LogP contribution in [0.15, 0.2) is 27.9 Å². The molecular formula is C20H22N7O5S3+. The zero-order valence-electron chi connectivity index (χ0n) is 18.8. The fourth-order valence-electron chi connectivity index (χ4n) is 4.65. The zero-order valence-corrected chi connectivity index (χ0v) is 21.2. The van der Waals surface area contributed by atoms with Gasteiger partial charge in [0, 0.05) is 28.4 Å². The van der Waals surface area contributed by atoms with Crippen molar-refractivity contribution < 1.29 is 28.8 Å². The van der Waals surface area contributed by atoms with E-state index in [2.05, 4.69) is 38.3 Å². The minimum absolute atomic E-state index is 0.0126. The summed E-state index contributed by atoms with van der Waals surface area (Å²) in [6.07, 6.45) is 0. The molecule has 5 heterocycles. The van der Waals surface area contributed by atoms with Crippen molar-refractivity contribution in [3.05, 3.63) is 39.0 Å². The van der Waals surface area contributed by atoms with Crippen LogP contribution in [0.5, 0.6) is 0 Å². The fraction of sp³-hybridized carbons (Fsp3) is 0.400. The molecule has 0 saturated carbocycles. The third-order valence-corrected chi connectivity index (χ3v) is 8.91. The van der Waals surface area contributed by atoms with Crippen LogP contribution < -0.4 is 11.1 Å². The number of carbonyl (C=O) groups excluding carboxylic acids is 2. The second kappa shape index (κ2) is 8.89. The largest absolute Gasteiger partial charge is 0.477 e. The molecule has 0 aliphatic carbocycles. The summed E-state index contributed by atoms with van der Waals surface area (Å²) < 4.78 is 4.64. The number of carboxylic acid groups (broad SMARTS) is 1. The van der Waals surface area contributed by atoms with Crippen molar-refractivity contribution in [1.29, 1.82) is 0 Å². The highest BCUT2D eigenvalue weighted by atomic mass is 32.2. The number of carbonyl (C=O) groups is 3. The van der Waals surface area contributed by atoms with Gasteiger partial charge in [-0.3, -0.25) is 14.5 Å². The van der Waals surface area contributed by atoms with Crippen molar-refractivity contribution in [1.82, 2.24) is 19.6 Å². The predicted molar refractivity (Wildman–Crippen MR) is 130 cm³/mol. The van der Waals surface area contributed by atoms with Crippen LogP contribution in [0.2, 0.25) is 0 Å². The number of anilines is 1. The van der Waals surface area contributed by atoms with Crippen LogP contribution >= 0.6 is 34.6 Å². The molecule has 184 valence electrons. The number of likely N-dealkylation sites (N-methyl/N-ethyl adjacent to an activating group) is 1. The van der Waals surface area contributed by atoms with Gasteiger partial charge in [0.25, 0.3) is 11.8 Å². The lowest BCUT2D eigenvalue weighted by Crippen LogP contribution is -2.71. The van der Waals surface area contributed by atoms with Gasteiger partial charge in [0.05, 0.1) is 11.9 Å². The molecule has 5 rings (SSSR count). The zero-order chi connectivity index (χ0) is 24.9. The standard InChI is InChI=1S/C20H21N7O5S3/c1-27(5-9-3-4-33-11(9)7-27)6-10-8-34-18-13(17(29)26(18)14(10)19(30)31)22-16(28)12(24-32-2)15-23-20(21)35-25-15/h3-4,13,18H,5-8H2,1-2H3,(H3-,21,22,23,25,28,30,31)/p+1/b24-12-/t13-,18+,27?/m1/s1. The molecule has 0 spiro atoms. The summed E-state index contributed by atoms with van der Waals surface area (Å²) in [7, 11) is 3.37. The molecule has 35 heavy (non-hydrogen) atoms. The number of hydrogen-bond acceptors (Lipinski definition) is 11. The Kier molecular flexibility index (Phi) is 6.03. The summed E-state index contributed by atoms with van der Waals surface area (Å²) in [5.74, 6) is -1.91. The quantitative estimate of drug-likeness (QED) is 0.197. The summed E-state index contributed by atoms with van der Waals surface area (Å²) in [4.78, 5) is 49.4. The normalized spacial score (nSPS) is 25.7. The first kappa shape index (κ1) is 23.7. The second-order valence-electron chi connectivity index (χ2n) is 8.66. The van der Waals surface area contributed by atoms with E-state index in [0.717, 1.165) is 30.2 Å². The monoisotopic (exact) mass is 536 g/mol. The van der Waals surface area contributed by atoms with Crippen LogP contribution in [-0.4, -0.2) is 85.2 Å². The molecule has 3 aliphatic heterocycles. The molecule has 1 fully saturated rings. The third kappa shape index (κ3) is 4.17. The Hall–Kier alpha value is -3.01. The summed E-state index contributed by atoms with van der Waals surface area (Å²) in [6, 6.07) is 1.20. The molecule has 3 aliphatic rings. The predicted octanol–water partition coefficient (Wildman–Crippen LogP) is 0.431. The molecular weight excluding hydrogens is 514 g/mol. The Balaban J connectivity index is 1.33. The maximum atomic E-state index is 13.0. The van der Waals surface area contributed by atoms with Crippen LogP contribution in [0.3, 0.4) is 0 Å². The highest BCUT2D eigenvalue weighted by Crippen LogP contribution is 2.42. The van der Waals surface area contributed by atoms with Crippen molar-refractivity contribution >= 4 is 63.3 Å². The van der Waals surface area contributed by atoms with Crippen molar-refractivity contribution in [2.45, 2.75) is 24.5 Å². The average molecular weight is 537 g/mol. The van der Waals surface area contributed by atoms with E-state index >= 15 is 0 Å². The van der Waals surface area contributed by atoms with Gasteiger partial charge in [-0.05, 0) is 11.4 Å². The lowest BCUT2D eigenvalue weighted by Gasteiger charge is -2.49. The van der Waals surface area contributed by atoms with Crippen LogP contribution in [0.4, 0.5) is 5.13 Å². The van der Waals surface area contributed by atoms with E-state index in [1.54, 1.807) is 11.3 Å². The Bertz CT molecular complexity index is 1260. The highest BCUT2D eigenvalue weighted by Gasteiger charge is 2.55. The van der Waals surface area contributed by atoms with Crippen LogP contribution in [-0.2, 0) is 32.3 Å². The molecule has 2 aromatic rings. The van der Waals surface area contributed by atoms with Gasteiger partial charge in [0.2, 0.25) is 11.5 Å². The lowest BCUT2D eigenvalue weighted by atomic mass is 10.0. The van der Waals surface area contributed by atoms with Gasteiger partial charge < -0.3 is 25.5 Å². The van der Waals surface area contributed by atoms with Crippen molar-refractivity contribution in [3.63, 3.8) is 0 Å². The summed E-state index contributed by atoms with van der Waals surface area (Å²) in [5, 5.41) is 18.0. The van der Waals surface area contributed by atoms with E-state index < -0.39 is 29.2 Å². The smallest absolute Gasteiger partial charge is 0.352 e. The van der Waals surface area contributed by atoms with Gasteiger partial charge in [-0.2, -0.15) is 9.36 Å². The highest BCUT2D eigenvalue weighted by molar-refractivity contribution is 8.00. The average Bonchev–Trinajstić information content (AvgIpc) is 3.50. The number of rotatable bonds is 7. The number of carboxylic acids is 1. The third-order valence-electron chi connectivity index (χ3n) is 6.08. The molecule has 2 amide bonds. The Labute approximate surface area is 212 Å². The van der Waals surface area contributed by atoms with Gasteiger partial charge in [-0.1, -0.05) is 5.16 Å². The van der Waals surface area contributed by atoms with E-state index in [1.807, 2.05) is 0 Å². The number of amides is 2. The summed E-state index contributed by atoms with van der Waals surface area (Å²) in [5.41, 5.74) is 7.40. The first-order chi connectivity index (χ1) is 16.7. The van der Waals surface area contributed by atoms with Crippen molar-refractivity contribution in [3.8, 4) is 0 Å². The number of nitrogens with two attached hydrogens (primary N) is 1. The number of quaternary nitrogens is 1. The van der Waals surface area contributed by atoms with Gasteiger partial charge >= 0.3 is 5.97 Å². The number of nitrogens with one attached hydrogen (secondary N) is 1. The van der Waals surface area contributed by atoms with Crippen molar-refractivity contribution in [2.75, 3.05) is 32.2 Å². The summed E-state index contributed by atoms with van der Waals surface area (Å²) >= 11 is 4.04. The molecule has 2 aromatic heterocycles. The number of nitrogen functional groups attached to an aromatic ring is 1. The van der Waals surface area contributed by atoms with E-state index in [1.165, 1.54) is 34.2 Å². The Morgan fingerprint density at radius 2 is 2.23 bits per heavy atom. The molecule has 15 heteroatoms. The number of oxime groups is 1. The van der Waals surface area contributed by atoms with Crippen LogP contribution in [0.25, 0.3) is 0 Å². The maximum Gasteiger partial charge on any atom is 0.352 e. The number of nitrogens with zero attached hydrogens (tertiary/aromatic N) is 5. The van der Waals surface area contributed by atoms with Gasteiger partial charge in [0.1, 0.15) is 43.9 Å². The molecule has 1 unspecified atom stereocenters. The number of aromatic nitrogens is 2. The van der Waals surface area contributed by atoms with E-state index in [4.69, 9.17) is 10.6 Å². The van der Waals surface area contributed by atoms with Gasteiger partial charge in [-0.25, -0.2) is 4.79 Å². The number of thioether (sulfide) groups is 1. The molecule has 0 radical (unpaired) electrons. The number of thiophene rings is 1. The fourth-order valence-corrected chi connectivity index (χ4v) is 7.49. The first-order valence-corrected chi connectivity index (χ1v) is 13.2. The number of hydrogen-bond donors (Lipinski definition) is 3. The maximum absolute atomic E-state index is 13.0. The number of aliphatic carboxylic acids is 1. The molecule has 0 bridgehead atoms.